The van der Waals surface area contributed by atoms with Crippen molar-refractivity contribution in [3.05, 3.63) is 88.5 Å². The van der Waals surface area contributed by atoms with Crippen molar-refractivity contribution >= 4 is 94.6 Å². The number of nitrogens with one attached hydrogen (secondary N) is 7. The minimum absolute atomic E-state index is 0.0139. The van der Waals surface area contributed by atoms with E-state index in [9.17, 15) is 63.0 Å². The number of rotatable bonds is 49. The minimum atomic E-state index is -1.36. The number of carboxylic acids is 1. The van der Waals surface area contributed by atoms with Crippen LogP contribution in [-0.4, -0.2) is 255 Å². The van der Waals surface area contributed by atoms with Gasteiger partial charge in [0, 0.05) is 65.1 Å². The number of carbonyl (C=O) groups is 11. The molecule has 32 nitrogen and oxygen atoms in total. The summed E-state index contributed by atoms with van der Waals surface area (Å²) in [5.41, 5.74) is 7.10. The Bertz CT molecular complexity index is 3460. The van der Waals surface area contributed by atoms with Gasteiger partial charge in [0.2, 0.25) is 41.4 Å². The van der Waals surface area contributed by atoms with Crippen LogP contribution in [0.2, 0.25) is 0 Å². The van der Waals surface area contributed by atoms with E-state index in [-0.39, 0.29) is 95.4 Å². The fourth-order valence-corrected chi connectivity index (χ4v) is 13.9. The maximum Gasteiger partial charge on any atom is 0.410 e. The number of ether oxygens (including phenoxy) is 6. The van der Waals surface area contributed by atoms with Gasteiger partial charge in [-0.25, -0.2) is 24.4 Å². The number of urea groups is 1. The first-order valence-corrected chi connectivity index (χ1v) is 40.1. The van der Waals surface area contributed by atoms with Crippen LogP contribution >= 0.6 is 23.5 Å². The fourth-order valence-electron chi connectivity index (χ4n) is 12.9. The van der Waals surface area contributed by atoms with Crippen LogP contribution in [0.5, 0.6) is 0 Å². The van der Waals surface area contributed by atoms with Crippen LogP contribution in [0.4, 0.5) is 15.3 Å². The van der Waals surface area contributed by atoms with E-state index in [1.807, 2.05) is 44.6 Å². The second kappa shape index (κ2) is 48.5. The van der Waals surface area contributed by atoms with Gasteiger partial charge >= 0.3 is 18.1 Å². The van der Waals surface area contributed by atoms with E-state index in [0.29, 0.717) is 65.5 Å². The number of aromatic carboxylic acids is 1. The Balaban J connectivity index is 1.30. The van der Waals surface area contributed by atoms with Gasteiger partial charge in [-0.2, -0.15) is 23.5 Å². The molecule has 11 amide bonds. The van der Waals surface area contributed by atoms with Crippen molar-refractivity contribution in [3.63, 3.8) is 0 Å². The quantitative estimate of drug-likeness (QED) is 0.0321. The maximum atomic E-state index is 14.9. The molecule has 4 rings (SSSR count). The molecular formula is C76H119N13O19S2. The number of benzene rings is 2. The largest absolute Gasteiger partial charge is 0.476 e. The van der Waals surface area contributed by atoms with E-state index in [4.69, 9.17) is 34.2 Å². The zero-order valence-corrected chi connectivity index (χ0v) is 68.2. The zero-order chi connectivity index (χ0) is 81.9. The number of nitrogens with zero attached hydrogens (tertiary/aromatic N) is 5. The number of likely N-dealkylation sites (tertiary alicyclic amines) is 1. The predicted molar refractivity (Wildman–Crippen MR) is 417 cm³/mol. The highest BCUT2D eigenvalue weighted by Gasteiger charge is 2.44. The summed E-state index contributed by atoms with van der Waals surface area (Å²) in [6.45, 7) is 18.3. The van der Waals surface area contributed by atoms with Gasteiger partial charge in [-0.15, -0.1) is 0 Å². The number of likely N-dealkylation sites (N-methyl/N-ethyl adjacent to an activating group) is 2. The topological polar surface area (TPSA) is 429 Å². The SMILES string of the molecule is CC[C@H](C)[C@@H]([C@@H](CC(=O)N1CCC[C@H]1[C@H](OC)[C@@H](C)C(=O)N[C@H](C)[C@@H](O)c1ccccc1)OC)N(C)C(=O)[C@@H](NC(=O)[C@H](C(C)C)N(C)C(=O)OCc1ccc(NC(=O)[C@H](CCCNC(N)=O)NC(=O)[C@@H](NC(=O)COCCOCCOCCNC(=O)c2nc(CSC)c(CSC)nc2C(=O)O)C(C)C)cc1)C(C)C. The Kier molecular flexibility index (Phi) is 41.5. The molecular weight excluding hydrogens is 1460 g/mol. The Morgan fingerprint density at radius 2 is 1.29 bits per heavy atom. The predicted octanol–water partition coefficient (Wildman–Crippen LogP) is 5.29. The molecule has 2 heterocycles. The van der Waals surface area contributed by atoms with Gasteiger partial charge < -0.3 is 91.4 Å². The normalized spacial score (nSPS) is 15.9. The molecule has 0 radical (unpaired) electrons. The van der Waals surface area contributed by atoms with Crippen LogP contribution < -0.4 is 43.0 Å². The lowest BCUT2D eigenvalue weighted by atomic mass is 9.89. The van der Waals surface area contributed by atoms with Crippen molar-refractivity contribution in [3.8, 4) is 0 Å². The summed E-state index contributed by atoms with van der Waals surface area (Å²) in [4.78, 5) is 162. The van der Waals surface area contributed by atoms with E-state index in [1.54, 1.807) is 109 Å². The highest BCUT2D eigenvalue weighted by molar-refractivity contribution is 7.98. The highest BCUT2D eigenvalue weighted by atomic mass is 32.2. The monoisotopic (exact) mass is 1580 g/mol. The average molecular weight is 1580 g/mol. The van der Waals surface area contributed by atoms with Crippen molar-refractivity contribution < 1.29 is 91.4 Å². The van der Waals surface area contributed by atoms with Crippen molar-refractivity contribution in [1.82, 2.24) is 56.6 Å². The first-order valence-electron chi connectivity index (χ1n) is 37.3. The van der Waals surface area contributed by atoms with Gasteiger partial charge in [0.25, 0.3) is 5.91 Å². The number of primary amides is 1. The standard InChI is InChI=1S/C76H119N13O19S2/c1-17-47(8)65(57(103-13)39-59(91)89-33-22-26-56(89)67(104-14)48(9)68(93)80-49(10)66(92)51-23-19-18-20-24-51)87(11)73(98)61(45(4)5)86-72(97)64(46(6)7)88(12)76(102)108-40-50-27-29-52(30-28-50)81-69(94)53(25-21-31-79-75(77)101)84-71(96)60(44(2)3)85-58(90)41-107-38-37-106-36-35-105-34-32-78-70(95)62-63(74(99)100)83-55(43-110-16)54(82-62)42-109-15/h18-20,23-24,27-30,44-49,53,56-57,60-61,64-67,92H,17,21-22,25-26,31-43H2,1-16H3,(H,78,95)(H,80,93)(H,81,94)(H,84,96)(H,85,90)(H,86,97)(H,99,100)(H3,77,79,101)/t47-,48+,49+,53-,56-,57+,60-,61-,64-,65-,66+,67+/m0/s1. The van der Waals surface area contributed by atoms with Gasteiger partial charge in [-0.05, 0) is 92.0 Å². The molecule has 0 spiro atoms. The number of thioether (sulfide) groups is 2. The molecule has 1 aromatic heterocycles. The summed E-state index contributed by atoms with van der Waals surface area (Å²) >= 11 is 2.94. The molecule has 614 valence electrons. The molecule has 0 aliphatic carbocycles. The second-order valence-corrected chi connectivity index (χ2v) is 30.0. The van der Waals surface area contributed by atoms with E-state index >= 15 is 0 Å². The van der Waals surface area contributed by atoms with Crippen molar-refractivity contribution in [2.75, 3.05) is 105 Å². The summed E-state index contributed by atoms with van der Waals surface area (Å²) in [5.74, 6) is -6.89. The Labute approximate surface area is 655 Å². The second-order valence-electron chi connectivity index (χ2n) is 28.3. The third-order valence-electron chi connectivity index (χ3n) is 19.1. The third kappa shape index (κ3) is 29.4. The highest BCUT2D eigenvalue weighted by Crippen LogP contribution is 2.31. The van der Waals surface area contributed by atoms with Gasteiger partial charge in [0.15, 0.2) is 11.4 Å². The summed E-state index contributed by atoms with van der Waals surface area (Å²) in [6, 6.07) is 8.45. The van der Waals surface area contributed by atoms with Gasteiger partial charge in [0.1, 0.15) is 37.4 Å². The Morgan fingerprint density at radius 1 is 0.682 bits per heavy atom. The number of hydrogen-bond donors (Lipinski definition) is 10. The number of aliphatic hydroxyl groups is 1. The Morgan fingerprint density at radius 3 is 1.85 bits per heavy atom. The van der Waals surface area contributed by atoms with Crippen molar-refractivity contribution in [1.29, 1.82) is 0 Å². The molecule has 0 bridgehead atoms. The molecule has 1 saturated heterocycles. The number of methoxy groups -OCH3 is 2. The fraction of sp³-hybridized carbons (Fsp3) is 0.645. The van der Waals surface area contributed by atoms with Crippen LogP contribution in [0.25, 0.3) is 0 Å². The number of aromatic nitrogens is 2. The molecule has 11 N–H and O–H groups in total. The average Bonchev–Trinajstić information content (AvgIpc) is 1.24. The molecule has 2 aromatic carbocycles. The van der Waals surface area contributed by atoms with Crippen LogP contribution in [0.15, 0.2) is 54.6 Å². The molecule has 0 saturated carbocycles. The molecule has 12 atom stereocenters. The number of carbonyl (C=O) groups excluding carboxylic acids is 10. The molecule has 1 fully saturated rings. The molecule has 3 aromatic rings. The Hall–Kier alpha value is -8.25. The first-order chi connectivity index (χ1) is 52.3. The van der Waals surface area contributed by atoms with Crippen LogP contribution in [0.1, 0.15) is 157 Å². The number of hydrogen-bond acceptors (Lipinski definition) is 22. The van der Waals surface area contributed by atoms with Crippen LogP contribution in [0.3, 0.4) is 0 Å². The molecule has 34 heteroatoms. The number of aliphatic hydroxyl groups excluding tert-OH is 1. The minimum Gasteiger partial charge on any atom is -0.476 e. The number of amides is 11. The lowest BCUT2D eigenvalue weighted by Gasteiger charge is -2.41. The lowest BCUT2D eigenvalue weighted by Crippen LogP contribution is -2.60. The maximum absolute atomic E-state index is 14.9. The van der Waals surface area contributed by atoms with Crippen LogP contribution in [-0.2, 0) is 80.1 Å². The summed E-state index contributed by atoms with van der Waals surface area (Å²) < 4.78 is 34.3. The van der Waals surface area contributed by atoms with Crippen molar-refractivity contribution in [2.24, 2.45) is 35.3 Å². The molecule has 0 unspecified atom stereocenters. The number of nitrogens with two attached hydrogens (primary N) is 1. The van der Waals surface area contributed by atoms with Crippen LogP contribution in [0, 0.1) is 29.6 Å². The summed E-state index contributed by atoms with van der Waals surface area (Å²) in [5, 5.41) is 39.8. The van der Waals surface area contributed by atoms with E-state index < -0.39 is 150 Å². The lowest BCUT2D eigenvalue weighted by molar-refractivity contribution is -0.148. The summed E-state index contributed by atoms with van der Waals surface area (Å²) in [6.07, 6.45) is 2.50. The number of anilines is 1. The molecule has 110 heavy (non-hydrogen) atoms. The first kappa shape index (κ1) is 94.1. The zero-order valence-electron chi connectivity index (χ0n) is 66.5. The molecule has 1 aliphatic heterocycles. The van der Waals surface area contributed by atoms with E-state index in [1.165, 1.54) is 49.7 Å². The van der Waals surface area contributed by atoms with Crippen molar-refractivity contribution in [2.45, 2.75) is 186 Å². The van der Waals surface area contributed by atoms with E-state index in [0.717, 1.165) is 0 Å². The van der Waals surface area contributed by atoms with Gasteiger partial charge in [-0.1, -0.05) is 111 Å². The molecule has 1 aliphatic rings. The smallest absolute Gasteiger partial charge is 0.410 e. The number of carboxylic acid groups (broad SMARTS) is 1. The summed E-state index contributed by atoms with van der Waals surface area (Å²) in [7, 11) is 6.06. The van der Waals surface area contributed by atoms with E-state index in [2.05, 4.69) is 47.2 Å². The van der Waals surface area contributed by atoms with Gasteiger partial charge in [0.05, 0.1) is 93.2 Å². The van der Waals surface area contributed by atoms with Gasteiger partial charge in [-0.3, -0.25) is 43.3 Å². The third-order valence-corrected chi connectivity index (χ3v) is 20.2.